The molecule has 1 aromatic rings. The molecule has 1 fully saturated rings. The van der Waals surface area contributed by atoms with Gasteiger partial charge >= 0.3 is 0 Å². The van der Waals surface area contributed by atoms with Gasteiger partial charge in [-0.25, -0.2) is 0 Å². The van der Waals surface area contributed by atoms with Crippen molar-refractivity contribution in [2.75, 3.05) is 24.5 Å². The Morgan fingerprint density at radius 1 is 1.56 bits per heavy atom. The molecule has 0 bridgehead atoms. The van der Waals surface area contributed by atoms with Gasteiger partial charge in [0.15, 0.2) is 0 Å². The third kappa shape index (κ3) is 2.46. The summed E-state index contributed by atoms with van der Waals surface area (Å²) in [7, 11) is 0. The minimum atomic E-state index is -0.284. The van der Waals surface area contributed by atoms with Gasteiger partial charge in [-0.05, 0) is 38.4 Å². The third-order valence-electron chi connectivity index (χ3n) is 3.45. The first-order valence-corrected chi connectivity index (χ1v) is 6.36. The van der Waals surface area contributed by atoms with Gasteiger partial charge < -0.3 is 10.2 Å². The van der Waals surface area contributed by atoms with Crippen molar-refractivity contribution in [3.63, 3.8) is 0 Å². The topological polar surface area (TPSA) is 58.4 Å². The summed E-state index contributed by atoms with van der Waals surface area (Å²) in [6.45, 7) is 6.60. The molecule has 0 saturated carbocycles. The molecule has 1 aromatic carbocycles. The fourth-order valence-electron chi connectivity index (χ4n) is 2.55. The van der Waals surface area contributed by atoms with Gasteiger partial charge in [0, 0.05) is 25.2 Å². The van der Waals surface area contributed by atoms with Crippen molar-refractivity contribution in [3.05, 3.63) is 33.9 Å². The molecule has 1 atom stereocenters. The molecule has 1 unspecified atom stereocenters. The molecule has 1 saturated heterocycles. The van der Waals surface area contributed by atoms with E-state index < -0.39 is 0 Å². The summed E-state index contributed by atoms with van der Waals surface area (Å²) in [6, 6.07) is 5.82. The number of hydrogen-bond donors (Lipinski definition) is 1. The Morgan fingerprint density at radius 3 is 2.89 bits per heavy atom. The van der Waals surface area contributed by atoms with Crippen LogP contribution in [-0.4, -0.2) is 30.6 Å². The number of nitro groups is 1. The van der Waals surface area contributed by atoms with Gasteiger partial charge in [0.1, 0.15) is 5.69 Å². The summed E-state index contributed by atoms with van der Waals surface area (Å²) >= 11 is 0. The first-order chi connectivity index (χ1) is 8.63. The number of nitrogens with one attached hydrogen (secondary N) is 1. The summed E-state index contributed by atoms with van der Waals surface area (Å²) in [5.41, 5.74) is 1.87. The van der Waals surface area contributed by atoms with E-state index in [1.165, 1.54) is 0 Å². The summed E-state index contributed by atoms with van der Waals surface area (Å²) in [6.07, 6.45) is 1.04. The highest BCUT2D eigenvalue weighted by molar-refractivity contribution is 5.65. The lowest BCUT2D eigenvalue weighted by molar-refractivity contribution is -0.384. The van der Waals surface area contributed by atoms with Gasteiger partial charge in [0.25, 0.3) is 5.69 Å². The highest BCUT2D eigenvalue weighted by atomic mass is 16.6. The molecule has 0 aromatic heterocycles. The Morgan fingerprint density at radius 2 is 2.33 bits per heavy atom. The maximum atomic E-state index is 11.2. The van der Waals surface area contributed by atoms with Crippen LogP contribution in [0.4, 0.5) is 11.4 Å². The van der Waals surface area contributed by atoms with E-state index in [9.17, 15) is 10.1 Å². The standard InChI is InChI=1S/C13H19N3O2/c1-3-15(11-6-7-14-9-11)12-5-4-10(2)8-13(12)16(17)18/h4-5,8,11,14H,3,6-7,9H2,1-2H3. The predicted molar refractivity (Wildman–Crippen MR) is 72.1 cm³/mol. The third-order valence-corrected chi connectivity index (χ3v) is 3.45. The number of aryl methyl sites for hydroxylation is 1. The first kappa shape index (κ1) is 12.8. The molecule has 18 heavy (non-hydrogen) atoms. The van der Waals surface area contributed by atoms with Gasteiger partial charge in [-0.1, -0.05) is 6.07 Å². The Labute approximate surface area is 107 Å². The van der Waals surface area contributed by atoms with Crippen molar-refractivity contribution in [1.29, 1.82) is 0 Å². The van der Waals surface area contributed by atoms with Crippen LogP contribution >= 0.6 is 0 Å². The molecule has 5 heteroatoms. The van der Waals surface area contributed by atoms with Crippen LogP contribution in [0.15, 0.2) is 18.2 Å². The van der Waals surface area contributed by atoms with Crippen LogP contribution in [0.5, 0.6) is 0 Å². The second-order valence-corrected chi connectivity index (χ2v) is 4.68. The summed E-state index contributed by atoms with van der Waals surface area (Å²) in [5.74, 6) is 0. The van der Waals surface area contributed by atoms with E-state index in [1.54, 1.807) is 6.07 Å². The maximum Gasteiger partial charge on any atom is 0.292 e. The predicted octanol–water partition coefficient (Wildman–Crippen LogP) is 2.09. The smallest absolute Gasteiger partial charge is 0.292 e. The van der Waals surface area contributed by atoms with E-state index in [2.05, 4.69) is 10.2 Å². The molecule has 5 nitrogen and oxygen atoms in total. The molecule has 1 heterocycles. The molecular formula is C13H19N3O2. The van der Waals surface area contributed by atoms with Crippen LogP contribution in [0.25, 0.3) is 0 Å². The van der Waals surface area contributed by atoms with E-state index >= 15 is 0 Å². The lowest BCUT2D eigenvalue weighted by atomic mass is 10.1. The summed E-state index contributed by atoms with van der Waals surface area (Å²) in [4.78, 5) is 13.0. The highest BCUT2D eigenvalue weighted by Crippen LogP contribution is 2.31. The van der Waals surface area contributed by atoms with Crippen LogP contribution < -0.4 is 10.2 Å². The van der Waals surface area contributed by atoms with Crippen molar-refractivity contribution in [3.8, 4) is 0 Å². The van der Waals surface area contributed by atoms with Gasteiger partial charge in [-0.3, -0.25) is 10.1 Å². The molecule has 1 N–H and O–H groups in total. The molecular weight excluding hydrogens is 230 g/mol. The number of nitro benzene ring substituents is 1. The van der Waals surface area contributed by atoms with E-state index in [-0.39, 0.29) is 10.6 Å². The first-order valence-electron chi connectivity index (χ1n) is 6.36. The molecule has 0 radical (unpaired) electrons. The van der Waals surface area contributed by atoms with Crippen molar-refractivity contribution in [2.24, 2.45) is 0 Å². The van der Waals surface area contributed by atoms with Gasteiger partial charge in [0.2, 0.25) is 0 Å². The average molecular weight is 249 g/mol. The fraction of sp³-hybridized carbons (Fsp3) is 0.538. The van der Waals surface area contributed by atoms with Crippen molar-refractivity contribution >= 4 is 11.4 Å². The summed E-state index contributed by atoms with van der Waals surface area (Å²) < 4.78 is 0. The van der Waals surface area contributed by atoms with Crippen LogP contribution in [0.2, 0.25) is 0 Å². The molecule has 2 rings (SSSR count). The minimum Gasteiger partial charge on any atom is -0.362 e. The van der Waals surface area contributed by atoms with Crippen molar-refractivity contribution < 1.29 is 4.92 Å². The molecule has 1 aliphatic rings. The van der Waals surface area contributed by atoms with Gasteiger partial charge in [0.05, 0.1) is 4.92 Å². The average Bonchev–Trinajstić information content (AvgIpc) is 2.85. The molecule has 1 aliphatic heterocycles. The Hall–Kier alpha value is -1.62. The molecule has 0 amide bonds. The number of nitrogens with zero attached hydrogens (tertiary/aromatic N) is 2. The molecule has 0 aliphatic carbocycles. The van der Waals surface area contributed by atoms with E-state index in [0.717, 1.165) is 37.3 Å². The van der Waals surface area contributed by atoms with Crippen LogP contribution in [0.3, 0.4) is 0 Å². The largest absolute Gasteiger partial charge is 0.362 e. The fourth-order valence-corrected chi connectivity index (χ4v) is 2.55. The molecule has 0 spiro atoms. The van der Waals surface area contributed by atoms with Crippen molar-refractivity contribution in [1.82, 2.24) is 5.32 Å². The Kier molecular flexibility index (Phi) is 3.81. The monoisotopic (exact) mass is 249 g/mol. The number of anilines is 1. The van der Waals surface area contributed by atoms with Gasteiger partial charge in [-0.2, -0.15) is 0 Å². The number of benzene rings is 1. The van der Waals surface area contributed by atoms with E-state index in [1.807, 2.05) is 26.0 Å². The summed E-state index contributed by atoms with van der Waals surface area (Å²) in [5, 5.41) is 14.5. The zero-order valence-corrected chi connectivity index (χ0v) is 10.8. The van der Waals surface area contributed by atoms with Crippen molar-refractivity contribution in [2.45, 2.75) is 26.3 Å². The zero-order chi connectivity index (χ0) is 13.1. The van der Waals surface area contributed by atoms with Crippen LogP contribution in [-0.2, 0) is 0 Å². The highest BCUT2D eigenvalue weighted by Gasteiger charge is 2.26. The lowest BCUT2D eigenvalue weighted by Crippen LogP contribution is -2.37. The minimum absolute atomic E-state index is 0.212. The van der Waals surface area contributed by atoms with Gasteiger partial charge in [-0.15, -0.1) is 0 Å². The number of hydrogen-bond acceptors (Lipinski definition) is 4. The number of rotatable bonds is 4. The second-order valence-electron chi connectivity index (χ2n) is 4.68. The zero-order valence-electron chi connectivity index (χ0n) is 10.8. The quantitative estimate of drug-likeness (QED) is 0.655. The van der Waals surface area contributed by atoms with E-state index in [0.29, 0.717) is 6.04 Å². The Balaban J connectivity index is 2.37. The van der Waals surface area contributed by atoms with Crippen LogP contribution in [0, 0.1) is 17.0 Å². The van der Waals surface area contributed by atoms with Crippen LogP contribution in [0.1, 0.15) is 18.9 Å². The van der Waals surface area contributed by atoms with E-state index in [4.69, 9.17) is 0 Å². The molecule has 98 valence electrons. The lowest BCUT2D eigenvalue weighted by Gasteiger charge is -2.29. The maximum absolute atomic E-state index is 11.2. The Bertz CT molecular complexity index is 442. The number of likely N-dealkylation sites (N-methyl/N-ethyl adjacent to an activating group) is 1. The SMILES string of the molecule is CCN(c1ccc(C)cc1[N+](=O)[O-])C1CCNC1. The second kappa shape index (κ2) is 5.35. The normalized spacial score (nSPS) is 18.9.